The minimum Gasteiger partial charge on any atom is -0.357 e. The maximum Gasteiger partial charge on any atom is 0.188 e. The quantitative estimate of drug-likeness (QED) is 0.834. The Morgan fingerprint density at radius 3 is 2.12 bits per heavy atom. The molecule has 2 heterocycles. The molecule has 122 valence electrons. The molecule has 1 aliphatic carbocycles. The number of carbonyl (C=O) groups is 1. The maximum atomic E-state index is 12.4. The van der Waals surface area contributed by atoms with Crippen molar-refractivity contribution in [2.24, 2.45) is 5.92 Å². The number of ether oxygens (including phenoxy) is 1. The molecule has 2 aliphatic heterocycles. The minimum absolute atomic E-state index is 0.0472. The second kappa shape index (κ2) is 5.40. The van der Waals surface area contributed by atoms with Crippen molar-refractivity contribution in [3.8, 4) is 0 Å². The van der Waals surface area contributed by atoms with Gasteiger partial charge in [0, 0.05) is 5.92 Å². The Balaban J connectivity index is 1.84. The first kappa shape index (κ1) is 14.6. The van der Waals surface area contributed by atoms with Gasteiger partial charge in [-0.25, -0.2) is 0 Å². The molecule has 3 atom stereocenters. The van der Waals surface area contributed by atoms with Crippen LogP contribution in [0.1, 0.15) is 11.1 Å². The molecule has 0 radical (unpaired) electrons. The van der Waals surface area contributed by atoms with E-state index >= 15 is 0 Å². The Morgan fingerprint density at radius 1 is 0.840 bits per heavy atom. The zero-order chi connectivity index (χ0) is 16.9. The Bertz CT molecular complexity index is 866. The molecular formula is C23H18O2. The molecule has 0 spiro atoms. The van der Waals surface area contributed by atoms with E-state index in [4.69, 9.17) is 4.74 Å². The van der Waals surface area contributed by atoms with Crippen LogP contribution in [0.5, 0.6) is 0 Å². The summed E-state index contributed by atoms with van der Waals surface area (Å²) in [7, 11) is 0. The third-order valence-electron chi connectivity index (χ3n) is 5.67. The Morgan fingerprint density at radius 2 is 1.48 bits per heavy atom. The number of allylic oxidation sites excluding steroid dienone is 3. The Labute approximate surface area is 147 Å². The van der Waals surface area contributed by atoms with E-state index in [-0.39, 0.29) is 23.2 Å². The van der Waals surface area contributed by atoms with Gasteiger partial charge in [-0.05, 0) is 22.8 Å². The number of carbonyl (C=O) groups excluding carboxylic acids is 1. The molecule has 2 aromatic carbocycles. The summed E-state index contributed by atoms with van der Waals surface area (Å²) in [4.78, 5) is 12.4. The molecule has 2 nitrogen and oxygen atoms in total. The van der Waals surface area contributed by atoms with Crippen molar-refractivity contribution in [3.63, 3.8) is 0 Å². The van der Waals surface area contributed by atoms with Crippen LogP contribution in [-0.2, 0) is 14.9 Å². The molecule has 0 aromatic heterocycles. The SMILES string of the molecule is O=C1C=C[C@H]2O[C@@H]1C1=CC=CC1C2(c1ccccc1)c1ccccc1. The van der Waals surface area contributed by atoms with Crippen molar-refractivity contribution in [1.29, 1.82) is 0 Å². The smallest absolute Gasteiger partial charge is 0.188 e. The lowest BCUT2D eigenvalue weighted by molar-refractivity contribution is -0.134. The Hall–Kier alpha value is -2.71. The fourth-order valence-corrected chi connectivity index (χ4v) is 4.65. The summed E-state index contributed by atoms with van der Waals surface area (Å²) in [6, 6.07) is 21.1. The van der Waals surface area contributed by atoms with Crippen molar-refractivity contribution >= 4 is 5.78 Å². The van der Waals surface area contributed by atoms with E-state index < -0.39 is 6.10 Å². The summed E-state index contributed by atoms with van der Waals surface area (Å²) in [6.07, 6.45) is 9.38. The average Bonchev–Trinajstić information content (AvgIpc) is 3.16. The first-order valence-electron chi connectivity index (χ1n) is 8.68. The third kappa shape index (κ3) is 1.92. The third-order valence-corrected chi connectivity index (χ3v) is 5.67. The maximum absolute atomic E-state index is 12.4. The van der Waals surface area contributed by atoms with Gasteiger partial charge in [0.15, 0.2) is 5.78 Å². The average molecular weight is 326 g/mol. The predicted octanol–water partition coefficient (Wildman–Crippen LogP) is 3.99. The van der Waals surface area contributed by atoms with E-state index in [0.29, 0.717) is 0 Å². The zero-order valence-electron chi connectivity index (χ0n) is 13.7. The van der Waals surface area contributed by atoms with Gasteiger partial charge in [0.1, 0.15) is 6.10 Å². The Kier molecular flexibility index (Phi) is 3.16. The van der Waals surface area contributed by atoms with Gasteiger partial charge < -0.3 is 4.74 Å². The molecule has 0 saturated carbocycles. The topological polar surface area (TPSA) is 26.3 Å². The number of rotatable bonds is 2. The molecule has 1 fully saturated rings. The lowest BCUT2D eigenvalue weighted by Crippen LogP contribution is -2.57. The molecule has 2 heteroatoms. The minimum atomic E-state index is -0.449. The van der Waals surface area contributed by atoms with Crippen molar-refractivity contribution in [2.75, 3.05) is 0 Å². The van der Waals surface area contributed by atoms with Gasteiger partial charge in [0.25, 0.3) is 0 Å². The van der Waals surface area contributed by atoms with Crippen LogP contribution in [0.3, 0.4) is 0 Å². The first-order chi connectivity index (χ1) is 12.3. The van der Waals surface area contributed by atoms with Gasteiger partial charge in [-0.15, -0.1) is 0 Å². The molecule has 0 N–H and O–H groups in total. The van der Waals surface area contributed by atoms with Crippen LogP contribution in [0.25, 0.3) is 0 Å². The van der Waals surface area contributed by atoms with Crippen LogP contribution in [-0.4, -0.2) is 18.0 Å². The summed E-state index contributed by atoms with van der Waals surface area (Å²) in [5.41, 5.74) is 3.13. The van der Waals surface area contributed by atoms with Crippen LogP contribution in [0.2, 0.25) is 0 Å². The summed E-state index contributed by atoms with van der Waals surface area (Å²) in [5, 5.41) is 0. The summed E-state index contributed by atoms with van der Waals surface area (Å²) < 4.78 is 6.33. The molecule has 2 aromatic rings. The van der Waals surface area contributed by atoms with Crippen molar-refractivity contribution in [1.82, 2.24) is 0 Å². The largest absolute Gasteiger partial charge is 0.357 e. The van der Waals surface area contributed by atoms with Gasteiger partial charge in [-0.3, -0.25) is 4.79 Å². The number of hydrogen-bond acceptors (Lipinski definition) is 2. The lowest BCUT2D eigenvalue weighted by Gasteiger charge is -2.52. The zero-order valence-corrected chi connectivity index (χ0v) is 13.7. The molecular weight excluding hydrogens is 308 g/mol. The number of ketones is 1. The second-order valence-electron chi connectivity index (χ2n) is 6.83. The van der Waals surface area contributed by atoms with E-state index in [1.54, 1.807) is 6.08 Å². The molecule has 1 unspecified atom stereocenters. The number of hydrogen-bond donors (Lipinski definition) is 0. The molecule has 5 rings (SSSR count). The predicted molar refractivity (Wildman–Crippen MR) is 97.2 cm³/mol. The van der Waals surface area contributed by atoms with E-state index in [9.17, 15) is 4.79 Å². The number of fused-ring (bicyclic) bond motifs is 4. The summed E-state index contributed by atoms with van der Waals surface area (Å²) >= 11 is 0. The highest BCUT2D eigenvalue weighted by atomic mass is 16.5. The molecule has 1 saturated heterocycles. The van der Waals surface area contributed by atoms with E-state index in [1.165, 1.54) is 11.1 Å². The van der Waals surface area contributed by atoms with Crippen molar-refractivity contribution in [3.05, 3.63) is 108 Å². The number of benzene rings is 2. The summed E-state index contributed by atoms with van der Waals surface area (Å²) in [6.45, 7) is 0. The van der Waals surface area contributed by atoms with Gasteiger partial charge in [0.05, 0.1) is 11.5 Å². The monoisotopic (exact) mass is 326 g/mol. The van der Waals surface area contributed by atoms with Gasteiger partial charge >= 0.3 is 0 Å². The van der Waals surface area contributed by atoms with Crippen molar-refractivity contribution < 1.29 is 9.53 Å². The highest BCUT2D eigenvalue weighted by Crippen LogP contribution is 2.54. The van der Waals surface area contributed by atoms with E-state index in [0.717, 1.165) is 5.57 Å². The molecule has 3 aliphatic rings. The molecule has 2 bridgehead atoms. The fraction of sp³-hybridized carbons (Fsp3) is 0.174. The highest BCUT2D eigenvalue weighted by molar-refractivity contribution is 5.97. The van der Waals surface area contributed by atoms with Crippen LogP contribution in [0.15, 0.2) is 96.6 Å². The van der Waals surface area contributed by atoms with Crippen molar-refractivity contribution in [2.45, 2.75) is 17.6 Å². The van der Waals surface area contributed by atoms with Gasteiger partial charge in [-0.2, -0.15) is 0 Å². The van der Waals surface area contributed by atoms with Gasteiger partial charge in [-0.1, -0.05) is 85.0 Å². The second-order valence-corrected chi connectivity index (χ2v) is 6.83. The van der Waals surface area contributed by atoms with E-state index in [1.807, 2.05) is 18.2 Å². The van der Waals surface area contributed by atoms with Gasteiger partial charge in [0.2, 0.25) is 0 Å². The highest BCUT2D eigenvalue weighted by Gasteiger charge is 2.56. The summed E-state index contributed by atoms with van der Waals surface area (Å²) in [5.74, 6) is 0.167. The van der Waals surface area contributed by atoms with Crippen LogP contribution in [0.4, 0.5) is 0 Å². The van der Waals surface area contributed by atoms with Crippen LogP contribution in [0, 0.1) is 5.92 Å². The molecule has 25 heavy (non-hydrogen) atoms. The van der Waals surface area contributed by atoms with Crippen LogP contribution >= 0.6 is 0 Å². The standard InChI is InChI=1S/C23H18O2/c24-20-14-15-21-23(16-8-3-1-4-9-16,17-10-5-2-6-11-17)19-13-7-12-18(19)22(20)25-21/h1-15,19,21-22H/t19?,21-,22-/m1/s1. The fourth-order valence-electron chi connectivity index (χ4n) is 4.65. The van der Waals surface area contributed by atoms with Crippen LogP contribution < -0.4 is 0 Å². The molecule has 0 amide bonds. The normalized spacial score (nSPS) is 28.6. The first-order valence-corrected chi connectivity index (χ1v) is 8.68. The lowest BCUT2D eigenvalue weighted by atomic mass is 9.57. The van der Waals surface area contributed by atoms with E-state index in [2.05, 4.69) is 66.8 Å².